The average molecular weight is 200 g/mol. The number of hydrogen-bond donors (Lipinski definition) is 1. The quantitative estimate of drug-likeness (QED) is 0.689. The molecule has 1 fully saturated rings. The minimum absolute atomic E-state index is 0.191. The van der Waals surface area contributed by atoms with Crippen molar-refractivity contribution in [1.82, 2.24) is 0 Å². The molecule has 0 aromatic rings. The minimum atomic E-state index is -0.212. The lowest BCUT2D eigenvalue weighted by molar-refractivity contribution is -0.143. The van der Waals surface area contributed by atoms with Crippen LogP contribution in [-0.4, -0.2) is 23.8 Å². The number of carbonyl (C=O) groups excluding carboxylic acids is 1. The van der Waals surface area contributed by atoms with E-state index in [0.29, 0.717) is 24.4 Å². The lowest BCUT2D eigenvalue weighted by atomic mass is 9.75. The summed E-state index contributed by atoms with van der Waals surface area (Å²) in [4.78, 5) is 10.6. The molecule has 0 radical (unpaired) electrons. The third-order valence-corrected chi connectivity index (χ3v) is 3.10. The molecule has 2 unspecified atom stereocenters. The fourth-order valence-electron chi connectivity index (χ4n) is 2.36. The predicted octanol–water partition coefficient (Wildman–Crippen LogP) is 1.59. The molecule has 14 heavy (non-hydrogen) atoms. The van der Waals surface area contributed by atoms with Crippen molar-refractivity contribution in [3.8, 4) is 0 Å². The first kappa shape index (κ1) is 11.5. The molecule has 3 nitrogen and oxygen atoms in total. The molecule has 0 aromatic carbocycles. The first-order chi connectivity index (χ1) is 6.50. The highest BCUT2D eigenvalue weighted by Gasteiger charge is 2.31. The van der Waals surface area contributed by atoms with Gasteiger partial charge in [-0.1, -0.05) is 13.8 Å². The third kappa shape index (κ3) is 2.98. The van der Waals surface area contributed by atoms with E-state index >= 15 is 0 Å². The number of aliphatic hydroxyl groups is 1. The van der Waals surface area contributed by atoms with Crippen molar-refractivity contribution < 1.29 is 14.6 Å². The van der Waals surface area contributed by atoms with Crippen molar-refractivity contribution in [2.45, 2.75) is 39.7 Å². The van der Waals surface area contributed by atoms with Crippen LogP contribution in [0.15, 0.2) is 0 Å². The lowest BCUT2D eigenvalue weighted by Gasteiger charge is -2.35. The van der Waals surface area contributed by atoms with Gasteiger partial charge in [-0.15, -0.1) is 0 Å². The zero-order valence-electron chi connectivity index (χ0n) is 9.19. The zero-order valence-corrected chi connectivity index (χ0v) is 9.19. The van der Waals surface area contributed by atoms with Gasteiger partial charge in [-0.25, -0.2) is 0 Å². The molecule has 0 amide bonds. The van der Waals surface area contributed by atoms with E-state index in [1.54, 1.807) is 0 Å². The summed E-state index contributed by atoms with van der Waals surface area (Å²) < 4.78 is 4.99. The molecule has 0 saturated heterocycles. The zero-order chi connectivity index (χ0) is 10.7. The van der Waals surface area contributed by atoms with Gasteiger partial charge in [0.1, 0.15) is 0 Å². The molecule has 0 heterocycles. The Morgan fingerprint density at radius 1 is 1.36 bits per heavy atom. The van der Waals surface area contributed by atoms with E-state index in [2.05, 4.69) is 13.8 Å². The minimum Gasteiger partial charge on any atom is -0.466 e. The second-order valence-corrected chi connectivity index (χ2v) is 4.59. The van der Waals surface area contributed by atoms with E-state index in [0.717, 1.165) is 12.8 Å². The molecule has 3 heteroatoms. The van der Waals surface area contributed by atoms with Crippen LogP contribution >= 0.6 is 0 Å². The van der Waals surface area contributed by atoms with Gasteiger partial charge in [-0.05, 0) is 30.6 Å². The predicted molar refractivity (Wildman–Crippen MR) is 53.7 cm³/mol. The van der Waals surface area contributed by atoms with Crippen molar-refractivity contribution in [2.24, 2.45) is 17.8 Å². The molecule has 0 bridgehead atoms. The maximum absolute atomic E-state index is 10.6. The Bertz CT molecular complexity index is 191. The van der Waals surface area contributed by atoms with E-state index in [4.69, 9.17) is 4.74 Å². The molecule has 82 valence electrons. The van der Waals surface area contributed by atoms with Gasteiger partial charge >= 0.3 is 5.97 Å². The Labute approximate surface area is 85.5 Å². The Morgan fingerprint density at radius 3 is 2.29 bits per heavy atom. The lowest BCUT2D eigenvalue weighted by Crippen LogP contribution is -2.35. The Balaban J connectivity index is 2.38. The molecular weight excluding hydrogens is 180 g/mol. The second-order valence-electron chi connectivity index (χ2n) is 4.59. The largest absolute Gasteiger partial charge is 0.466 e. The molecular formula is C11H20O3. The normalized spacial score (nSPS) is 38.0. The van der Waals surface area contributed by atoms with Crippen molar-refractivity contribution in [2.75, 3.05) is 6.61 Å². The van der Waals surface area contributed by atoms with Gasteiger partial charge in [-0.2, -0.15) is 0 Å². The highest BCUT2D eigenvalue weighted by molar-refractivity contribution is 5.65. The first-order valence-corrected chi connectivity index (χ1v) is 5.32. The van der Waals surface area contributed by atoms with Gasteiger partial charge in [0.05, 0.1) is 12.7 Å². The maximum atomic E-state index is 10.6. The van der Waals surface area contributed by atoms with Crippen LogP contribution in [0, 0.1) is 17.8 Å². The standard InChI is InChI=1S/C11H20O3/c1-7-4-10(6-14-9(3)12)5-8(2)11(7)13/h7-8,10-11,13H,4-6H2,1-3H3. The highest BCUT2D eigenvalue weighted by Crippen LogP contribution is 2.33. The topological polar surface area (TPSA) is 46.5 Å². The van der Waals surface area contributed by atoms with Gasteiger partial charge in [0, 0.05) is 6.92 Å². The van der Waals surface area contributed by atoms with Crippen LogP contribution < -0.4 is 0 Å². The van der Waals surface area contributed by atoms with Crippen LogP contribution in [-0.2, 0) is 9.53 Å². The van der Waals surface area contributed by atoms with Crippen LogP contribution in [0.2, 0.25) is 0 Å². The van der Waals surface area contributed by atoms with E-state index < -0.39 is 0 Å². The number of rotatable bonds is 2. The number of carbonyl (C=O) groups is 1. The van der Waals surface area contributed by atoms with Gasteiger partial charge in [0.2, 0.25) is 0 Å². The Morgan fingerprint density at radius 2 is 1.86 bits per heavy atom. The van der Waals surface area contributed by atoms with Crippen molar-refractivity contribution in [3.05, 3.63) is 0 Å². The van der Waals surface area contributed by atoms with Crippen molar-refractivity contribution in [3.63, 3.8) is 0 Å². The molecule has 0 aliphatic heterocycles. The molecule has 0 aromatic heterocycles. The Kier molecular flexibility index (Phi) is 3.93. The molecule has 1 saturated carbocycles. The number of ether oxygens (including phenoxy) is 1. The molecule has 1 N–H and O–H groups in total. The first-order valence-electron chi connectivity index (χ1n) is 5.32. The SMILES string of the molecule is CC(=O)OCC1CC(C)C(O)C(C)C1. The number of hydrogen-bond acceptors (Lipinski definition) is 3. The summed E-state index contributed by atoms with van der Waals surface area (Å²) in [6.07, 6.45) is 1.72. The summed E-state index contributed by atoms with van der Waals surface area (Å²) in [6.45, 7) is 6.06. The summed E-state index contributed by atoms with van der Waals surface area (Å²) in [6, 6.07) is 0. The van der Waals surface area contributed by atoms with Crippen molar-refractivity contribution in [1.29, 1.82) is 0 Å². The summed E-state index contributed by atoms with van der Waals surface area (Å²) >= 11 is 0. The third-order valence-electron chi connectivity index (χ3n) is 3.10. The molecule has 2 atom stereocenters. The van der Waals surface area contributed by atoms with Gasteiger partial charge in [0.15, 0.2) is 0 Å². The van der Waals surface area contributed by atoms with Crippen LogP contribution in [0.5, 0.6) is 0 Å². The van der Waals surface area contributed by atoms with Gasteiger partial charge in [0.25, 0.3) is 0 Å². The monoisotopic (exact) mass is 200 g/mol. The van der Waals surface area contributed by atoms with E-state index in [1.165, 1.54) is 6.92 Å². The average Bonchev–Trinajstić information content (AvgIpc) is 2.10. The number of esters is 1. The van der Waals surface area contributed by atoms with Gasteiger partial charge < -0.3 is 9.84 Å². The van der Waals surface area contributed by atoms with Crippen LogP contribution in [0.25, 0.3) is 0 Å². The fourth-order valence-corrected chi connectivity index (χ4v) is 2.36. The fraction of sp³-hybridized carbons (Fsp3) is 0.909. The van der Waals surface area contributed by atoms with E-state index in [1.807, 2.05) is 0 Å². The summed E-state index contributed by atoms with van der Waals surface area (Å²) in [5.74, 6) is 0.849. The molecule has 1 rings (SSSR count). The van der Waals surface area contributed by atoms with Crippen LogP contribution in [0.4, 0.5) is 0 Å². The molecule has 1 aliphatic carbocycles. The smallest absolute Gasteiger partial charge is 0.302 e. The van der Waals surface area contributed by atoms with Crippen LogP contribution in [0.3, 0.4) is 0 Å². The summed E-state index contributed by atoms with van der Waals surface area (Å²) in [5.41, 5.74) is 0. The summed E-state index contributed by atoms with van der Waals surface area (Å²) in [7, 11) is 0. The maximum Gasteiger partial charge on any atom is 0.302 e. The van der Waals surface area contributed by atoms with Crippen molar-refractivity contribution >= 4 is 5.97 Å². The van der Waals surface area contributed by atoms with E-state index in [9.17, 15) is 9.90 Å². The molecule has 0 spiro atoms. The van der Waals surface area contributed by atoms with Gasteiger partial charge in [-0.3, -0.25) is 4.79 Å². The Hall–Kier alpha value is -0.570. The second kappa shape index (κ2) is 4.78. The number of aliphatic hydroxyl groups excluding tert-OH is 1. The van der Waals surface area contributed by atoms with Crippen LogP contribution in [0.1, 0.15) is 33.6 Å². The molecule has 1 aliphatic rings. The summed E-state index contributed by atoms with van der Waals surface area (Å²) in [5, 5.41) is 9.73. The highest BCUT2D eigenvalue weighted by atomic mass is 16.5. The van der Waals surface area contributed by atoms with E-state index in [-0.39, 0.29) is 12.1 Å².